The maximum Gasteiger partial charge on any atom is 0.306 e. The van der Waals surface area contributed by atoms with Crippen molar-refractivity contribution in [3.8, 4) is 5.75 Å². The van der Waals surface area contributed by atoms with Gasteiger partial charge in [0.2, 0.25) is 0 Å². The summed E-state index contributed by atoms with van der Waals surface area (Å²) >= 11 is 0. The van der Waals surface area contributed by atoms with E-state index in [-0.39, 0.29) is 29.8 Å². The number of fused-ring (bicyclic) bond motifs is 1. The molecule has 1 aliphatic heterocycles. The first kappa shape index (κ1) is 22.5. The van der Waals surface area contributed by atoms with Crippen molar-refractivity contribution in [3.05, 3.63) is 54.6 Å². The number of benzene rings is 1. The van der Waals surface area contributed by atoms with E-state index in [1.165, 1.54) is 0 Å². The number of esters is 1. The van der Waals surface area contributed by atoms with Gasteiger partial charge in [-0.1, -0.05) is 50.3 Å². The van der Waals surface area contributed by atoms with Crippen LogP contribution in [0.1, 0.15) is 46.0 Å². The predicted octanol–water partition coefficient (Wildman–Crippen LogP) is 6.21. The van der Waals surface area contributed by atoms with Crippen LogP contribution >= 0.6 is 0 Å². The first-order valence-electron chi connectivity index (χ1n) is 11.0. The Morgan fingerprint density at radius 3 is 2.73 bits per heavy atom. The number of alkyl halides is 2. The van der Waals surface area contributed by atoms with E-state index in [4.69, 9.17) is 9.47 Å². The molecule has 0 spiro atoms. The van der Waals surface area contributed by atoms with E-state index in [1.54, 1.807) is 30.3 Å². The molecule has 2 aliphatic rings. The molecule has 4 atom stereocenters. The molecule has 0 bridgehead atoms. The highest BCUT2D eigenvalue weighted by molar-refractivity contribution is 5.69. The standard InChI is InChI=1S/C25H32F2O3/c1-18(2)22-16-23-21(12-8-3-4-9-13-24(28)30-23)20(22)14-15-25(26,27)17-29-19-10-6-5-7-11-19/h3,5-8,10-11,14-15,18,20-23H,4,9,12-13,16-17H2,1-2H3/b8-3-,15-14+/t20-,21-,22+,23+/m1/s1. The summed E-state index contributed by atoms with van der Waals surface area (Å²) < 4.78 is 40.1. The highest BCUT2D eigenvalue weighted by Crippen LogP contribution is 2.46. The fourth-order valence-corrected chi connectivity index (χ4v) is 4.57. The lowest BCUT2D eigenvalue weighted by molar-refractivity contribution is -0.151. The third-order valence-corrected chi connectivity index (χ3v) is 6.17. The summed E-state index contributed by atoms with van der Waals surface area (Å²) in [7, 11) is 0. The molecule has 1 aromatic carbocycles. The second-order valence-electron chi connectivity index (χ2n) is 8.73. The van der Waals surface area contributed by atoms with Crippen LogP contribution in [0.25, 0.3) is 0 Å². The molecule has 0 saturated heterocycles. The minimum atomic E-state index is -3.07. The zero-order valence-corrected chi connectivity index (χ0v) is 17.8. The molecule has 0 unspecified atom stereocenters. The van der Waals surface area contributed by atoms with Gasteiger partial charge in [-0.25, -0.2) is 0 Å². The van der Waals surface area contributed by atoms with Crippen molar-refractivity contribution in [3.63, 3.8) is 0 Å². The first-order chi connectivity index (χ1) is 14.4. The lowest BCUT2D eigenvalue weighted by Crippen LogP contribution is -2.27. The van der Waals surface area contributed by atoms with Gasteiger partial charge in [0.25, 0.3) is 5.92 Å². The van der Waals surface area contributed by atoms with Gasteiger partial charge >= 0.3 is 5.97 Å². The molecule has 1 fully saturated rings. The van der Waals surface area contributed by atoms with Crippen molar-refractivity contribution in [2.75, 3.05) is 6.61 Å². The van der Waals surface area contributed by atoms with Crippen LogP contribution in [-0.2, 0) is 9.53 Å². The molecule has 0 aromatic heterocycles. The Hall–Kier alpha value is -2.17. The van der Waals surface area contributed by atoms with E-state index < -0.39 is 12.5 Å². The molecule has 3 rings (SSSR count). The second-order valence-corrected chi connectivity index (χ2v) is 8.73. The fraction of sp³-hybridized carbons (Fsp3) is 0.560. The zero-order chi connectivity index (χ0) is 21.6. The van der Waals surface area contributed by atoms with Crippen LogP contribution in [0.15, 0.2) is 54.6 Å². The van der Waals surface area contributed by atoms with Gasteiger partial charge in [-0.3, -0.25) is 4.79 Å². The first-order valence-corrected chi connectivity index (χ1v) is 11.0. The zero-order valence-electron chi connectivity index (χ0n) is 17.8. The molecule has 164 valence electrons. The van der Waals surface area contributed by atoms with E-state index in [1.807, 2.05) is 6.07 Å². The maximum atomic E-state index is 14.5. The van der Waals surface area contributed by atoms with Crippen LogP contribution in [-0.4, -0.2) is 24.6 Å². The Labute approximate surface area is 178 Å². The fourth-order valence-electron chi connectivity index (χ4n) is 4.57. The average Bonchev–Trinajstić information content (AvgIpc) is 3.06. The lowest BCUT2D eigenvalue weighted by atomic mass is 9.81. The van der Waals surface area contributed by atoms with Crippen LogP contribution in [0.5, 0.6) is 5.75 Å². The minimum Gasteiger partial charge on any atom is -0.487 e. The maximum absolute atomic E-state index is 14.5. The van der Waals surface area contributed by atoms with Gasteiger partial charge in [0, 0.05) is 12.3 Å². The molecule has 0 radical (unpaired) electrons. The summed E-state index contributed by atoms with van der Waals surface area (Å²) in [6.07, 6.45) is 10.2. The number of para-hydroxylation sites is 1. The summed E-state index contributed by atoms with van der Waals surface area (Å²) in [6.45, 7) is 3.52. The molecular formula is C25H32F2O3. The number of allylic oxidation sites excluding steroid dienone is 3. The molecule has 1 saturated carbocycles. The van der Waals surface area contributed by atoms with Gasteiger partial charge in [-0.2, -0.15) is 8.78 Å². The summed E-state index contributed by atoms with van der Waals surface area (Å²) in [6, 6.07) is 8.65. The third-order valence-electron chi connectivity index (χ3n) is 6.17. The quantitative estimate of drug-likeness (QED) is 0.407. The molecule has 1 heterocycles. The average molecular weight is 419 g/mol. The molecule has 5 heteroatoms. The van der Waals surface area contributed by atoms with Crippen molar-refractivity contribution in [2.24, 2.45) is 23.7 Å². The highest BCUT2D eigenvalue weighted by atomic mass is 19.3. The molecule has 0 amide bonds. The van der Waals surface area contributed by atoms with Crippen LogP contribution in [0.2, 0.25) is 0 Å². The number of rotatable bonds is 6. The number of halogens is 2. The van der Waals surface area contributed by atoms with Crippen molar-refractivity contribution in [1.82, 2.24) is 0 Å². The van der Waals surface area contributed by atoms with Crippen molar-refractivity contribution in [1.29, 1.82) is 0 Å². The third kappa shape index (κ3) is 6.16. The molecule has 0 N–H and O–H groups in total. The second kappa shape index (κ2) is 10.2. The monoisotopic (exact) mass is 418 g/mol. The Kier molecular flexibility index (Phi) is 7.68. The molecular weight excluding hydrogens is 386 g/mol. The number of ether oxygens (including phenoxy) is 2. The number of hydrogen-bond donors (Lipinski definition) is 0. The van der Waals surface area contributed by atoms with E-state index in [0.717, 1.165) is 31.8 Å². The van der Waals surface area contributed by atoms with Crippen LogP contribution in [0.3, 0.4) is 0 Å². The van der Waals surface area contributed by atoms with Gasteiger partial charge in [-0.15, -0.1) is 0 Å². The SMILES string of the molecule is CC(C)[C@@H]1C[C@@H]2OC(=O)CCC/C=C\C[C@@H]2[C@H]1/C=C/C(F)(F)COc1ccccc1. The van der Waals surface area contributed by atoms with Crippen molar-refractivity contribution >= 4 is 5.97 Å². The van der Waals surface area contributed by atoms with Gasteiger partial charge in [0.05, 0.1) is 0 Å². The highest BCUT2D eigenvalue weighted by Gasteiger charge is 2.45. The Bertz CT molecular complexity index is 742. The van der Waals surface area contributed by atoms with Crippen LogP contribution in [0, 0.1) is 23.7 Å². The molecule has 30 heavy (non-hydrogen) atoms. The summed E-state index contributed by atoms with van der Waals surface area (Å²) in [5.41, 5.74) is 0. The smallest absolute Gasteiger partial charge is 0.306 e. The lowest BCUT2D eigenvalue weighted by Gasteiger charge is -2.26. The minimum absolute atomic E-state index is 0.0257. The van der Waals surface area contributed by atoms with Gasteiger partial charge in [0.15, 0.2) is 6.61 Å². The predicted molar refractivity (Wildman–Crippen MR) is 113 cm³/mol. The van der Waals surface area contributed by atoms with E-state index in [0.29, 0.717) is 18.1 Å². The van der Waals surface area contributed by atoms with Gasteiger partial charge < -0.3 is 9.47 Å². The number of carbonyl (C=O) groups is 1. The Morgan fingerprint density at radius 2 is 2.00 bits per heavy atom. The summed E-state index contributed by atoms with van der Waals surface area (Å²) in [5.74, 6) is -2.34. The summed E-state index contributed by atoms with van der Waals surface area (Å²) in [5, 5.41) is 0. The van der Waals surface area contributed by atoms with Gasteiger partial charge in [0.1, 0.15) is 11.9 Å². The number of hydrogen-bond acceptors (Lipinski definition) is 3. The van der Waals surface area contributed by atoms with E-state index >= 15 is 0 Å². The largest absolute Gasteiger partial charge is 0.487 e. The van der Waals surface area contributed by atoms with Crippen molar-refractivity contribution in [2.45, 2.75) is 58.0 Å². The summed E-state index contributed by atoms with van der Waals surface area (Å²) in [4.78, 5) is 12.2. The normalized spacial score (nSPS) is 28.9. The van der Waals surface area contributed by atoms with Crippen molar-refractivity contribution < 1.29 is 23.0 Å². The Morgan fingerprint density at radius 1 is 1.23 bits per heavy atom. The van der Waals surface area contributed by atoms with Crippen LogP contribution in [0.4, 0.5) is 8.78 Å². The molecule has 3 nitrogen and oxygen atoms in total. The number of carbonyl (C=O) groups excluding carboxylic acids is 1. The van der Waals surface area contributed by atoms with Gasteiger partial charge in [-0.05, 0) is 61.6 Å². The Balaban J connectivity index is 1.74. The van der Waals surface area contributed by atoms with E-state index in [9.17, 15) is 13.6 Å². The van der Waals surface area contributed by atoms with E-state index in [2.05, 4.69) is 26.0 Å². The topological polar surface area (TPSA) is 35.5 Å². The molecule has 1 aromatic rings. The molecule has 1 aliphatic carbocycles. The van der Waals surface area contributed by atoms with Crippen LogP contribution < -0.4 is 4.74 Å².